The first-order chi connectivity index (χ1) is 8.84. The summed E-state index contributed by atoms with van der Waals surface area (Å²) in [6, 6.07) is 1.39. The molecule has 1 aromatic heterocycles. The average Bonchev–Trinajstić information content (AvgIpc) is 3.22. The third-order valence-electron chi connectivity index (χ3n) is 3.77. The molecule has 0 radical (unpaired) electrons. The predicted molar refractivity (Wildman–Crippen MR) is 80.8 cm³/mol. The molecule has 98 valence electrons. The van der Waals surface area contributed by atoms with E-state index in [-0.39, 0.29) is 0 Å². The van der Waals surface area contributed by atoms with E-state index in [4.69, 9.17) is 0 Å². The first-order valence-corrected chi connectivity index (χ1v) is 7.88. The van der Waals surface area contributed by atoms with Crippen LogP contribution < -0.4 is 10.2 Å². The summed E-state index contributed by atoms with van der Waals surface area (Å²) in [4.78, 5) is 11.0. The Kier molecular flexibility index (Phi) is 3.98. The molecule has 0 amide bonds. The van der Waals surface area contributed by atoms with Gasteiger partial charge in [-0.3, -0.25) is 0 Å². The summed E-state index contributed by atoms with van der Waals surface area (Å²) in [5, 5.41) is 3.66. The fourth-order valence-corrected chi connectivity index (χ4v) is 3.21. The standard InChI is InChI=1S/C13H19IN4/c14-12-8-15-9-17-13(12)18-6-2-1-3-11(18)7-16-10-4-5-10/h8-11,16H,1-7H2. The van der Waals surface area contributed by atoms with E-state index in [9.17, 15) is 0 Å². The van der Waals surface area contributed by atoms with Gasteiger partial charge in [0.1, 0.15) is 12.1 Å². The van der Waals surface area contributed by atoms with Crippen LogP contribution >= 0.6 is 22.6 Å². The van der Waals surface area contributed by atoms with Crippen molar-refractivity contribution in [3.8, 4) is 0 Å². The molecule has 1 aliphatic heterocycles. The second-order valence-electron chi connectivity index (χ2n) is 5.22. The Balaban J connectivity index is 1.71. The van der Waals surface area contributed by atoms with Crippen LogP contribution in [0.3, 0.4) is 0 Å². The number of anilines is 1. The van der Waals surface area contributed by atoms with Crippen LogP contribution in [0.5, 0.6) is 0 Å². The maximum atomic E-state index is 4.47. The third kappa shape index (κ3) is 2.93. The van der Waals surface area contributed by atoms with Gasteiger partial charge in [0.2, 0.25) is 0 Å². The van der Waals surface area contributed by atoms with E-state index >= 15 is 0 Å². The van der Waals surface area contributed by atoms with Gasteiger partial charge in [0.15, 0.2) is 0 Å². The summed E-state index contributed by atoms with van der Waals surface area (Å²) in [5.41, 5.74) is 0. The monoisotopic (exact) mass is 358 g/mol. The summed E-state index contributed by atoms with van der Waals surface area (Å²) in [6.45, 7) is 2.23. The van der Waals surface area contributed by atoms with Gasteiger partial charge in [-0.2, -0.15) is 0 Å². The van der Waals surface area contributed by atoms with Crippen LogP contribution in [0.2, 0.25) is 0 Å². The van der Waals surface area contributed by atoms with Gasteiger partial charge in [-0.1, -0.05) is 0 Å². The summed E-state index contributed by atoms with van der Waals surface area (Å²) < 4.78 is 1.16. The van der Waals surface area contributed by atoms with E-state index in [1.807, 2.05) is 6.20 Å². The van der Waals surface area contributed by atoms with Crippen LogP contribution in [0.25, 0.3) is 0 Å². The normalized spacial score (nSPS) is 24.3. The number of hydrogen-bond donors (Lipinski definition) is 1. The minimum absolute atomic E-state index is 0.600. The van der Waals surface area contributed by atoms with E-state index in [1.54, 1.807) is 6.33 Å². The number of nitrogens with zero attached hydrogens (tertiary/aromatic N) is 3. The zero-order valence-corrected chi connectivity index (χ0v) is 12.6. The van der Waals surface area contributed by atoms with Gasteiger partial charge in [-0.25, -0.2) is 9.97 Å². The van der Waals surface area contributed by atoms with Gasteiger partial charge >= 0.3 is 0 Å². The molecule has 0 aromatic carbocycles. The fraction of sp³-hybridized carbons (Fsp3) is 0.692. The van der Waals surface area contributed by atoms with Crippen LogP contribution in [-0.4, -0.2) is 35.1 Å². The molecule has 1 saturated heterocycles. The molecule has 1 N–H and O–H groups in total. The average molecular weight is 358 g/mol. The van der Waals surface area contributed by atoms with Crippen molar-refractivity contribution in [1.82, 2.24) is 15.3 Å². The molecule has 4 nitrogen and oxygen atoms in total. The molecule has 1 unspecified atom stereocenters. The Morgan fingerprint density at radius 2 is 2.22 bits per heavy atom. The van der Waals surface area contributed by atoms with Crippen molar-refractivity contribution in [2.75, 3.05) is 18.0 Å². The van der Waals surface area contributed by atoms with Gasteiger partial charge in [0, 0.05) is 31.4 Å². The number of rotatable bonds is 4. The van der Waals surface area contributed by atoms with Gasteiger partial charge in [-0.15, -0.1) is 0 Å². The molecule has 2 aliphatic rings. The highest BCUT2D eigenvalue weighted by Gasteiger charge is 2.27. The first kappa shape index (κ1) is 12.6. The molecule has 2 heterocycles. The van der Waals surface area contributed by atoms with Gasteiger partial charge < -0.3 is 10.2 Å². The smallest absolute Gasteiger partial charge is 0.145 e. The quantitative estimate of drug-likeness (QED) is 0.838. The summed E-state index contributed by atoms with van der Waals surface area (Å²) in [7, 11) is 0. The molecule has 2 fully saturated rings. The Morgan fingerprint density at radius 1 is 1.33 bits per heavy atom. The lowest BCUT2D eigenvalue weighted by atomic mass is 10.0. The first-order valence-electron chi connectivity index (χ1n) is 6.80. The number of hydrogen-bond acceptors (Lipinski definition) is 4. The molecule has 18 heavy (non-hydrogen) atoms. The highest BCUT2D eigenvalue weighted by atomic mass is 127. The summed E-state index contributed by atoms with van der Waals surface area (Å²) in [6.07, 6.45) is 10.2. The number of aromatic nitrogens is 2. The van der Waals surface area contributed by atoms with Gasteiger partial charge in [0.25, 0.3) is 0 Å². The number of piperidine rings is 1. The van der Waals surface area contributed by atoms with E-state index < -0.39 is 0 Å². The van der Waals surface area contributed by atoms with Crippen molar-refractivity contribution in [2.24, 2.45) is 0 Å². The van der Waals surface area contributed by atoms with Crippen LogP contribution in [0.4, 0.5) is 5.82 Å². The summed E-state index contributed by atoms with van der Waals surface area (Å²) in [5.74, 6) is 1.12. The summed E-state index contributed by atoms with van der Waals surface area (Å²) >= 11 is 2.34. The van der Waals surface area contributed by atoms with Crippen molar-refractivity contribution in [3.05, 3.63) is 16.1 Å². The molecule has 1 aliphatic carbocycles. The van der Waals surface area contributed by atoms with Crippen LogP contribution in [0.15, 0.2) is 12.5 Å². The maximum absolute atomic E-state index is 4.47. The van der Waals surface area contributed by atoms with Crippen LogP contribution in [0, 0.1) is 3.57 Å². The molecular formula is C13H19IN4. The lowest BCUT2D eigenvalue weighted by Crippen LogP contribution is -2.46. The molecule has 5 heteroatoms. The van der Waals surface area contributed by atoms with E-state index in [0.29, 0.717) is 6.04 Å². The molecule has 1 atom stereocenters. The molecule has 0 bridgehead atoms. The van der Waals surface area contributed by atoms with E-state index in [1.165, 1.54) is 32.1 Å². The van der Waals surface area contributed by atoms with Gasteiger partial charge in [-0.05, 0) is 54.7 Å². The highest BCUT2D eigenvalue weighted by Crippen LogP contribution is 2.27. The lowest BCUT2D eigenvalue weighted by Gasteiger charge is -2.37. The fourth-order valence-electron chi connectivity index (χ4n) is 2.60. The molecule has 1 aromatic rings. The molecule has 0 spiro atoms. The SMILES string of the molecule is Ic1cncnc1N1CCCCC1CNC1CC1. The highest BCUT2D eigenvalue weighted by molar-refractivity contribution is 14.1. The zero-order valence-electron chi connectivity index (χ0n) is 10.5. The molecular weight excluding hydrogens is 339 g/mol. The van der Waals surface area contributed by atoms with Crippen molar-refractivity contribution < 1.29 is 0 Å². The van der Waals surface area contributed by atoms with Crippen LogP contribution in [0.1, 0.15) is 32.1 Å². The molecule has 1 saturated carbocycles. The second-order valence-corrected chi connectivity index (χ2v) is 6.38. The number of halogens is 1. The molecule has 3 rings (SSSR count). The minimum atomic E-state index is 0.600. The zero-order chi connectivity index (χ0) is 12.4. The number of nitrogens with one attached hydrogen (secondary N) is 1. The van der Waals surface area contributed by atoms with Crippen molar-refractivity contribution >= 4 is 28.4 Å². The van der Waals surface area contributed by atoms with E-state index in [2.05, 4.69) is 42.8 Å². The van der Waals surface area contributed by atoms with Gasteiger partial charge in [0.05, 0.1) is 3.57 Å². The largest absolute Gasteiger partial charge is 0.351 e. The maximum Gasteiger partial charge on any atom is 0.145 e. The lowest BCUT2D eigenvalue weighted by molar-refractivity contribution is 0.431. The second kappa shape index (κ2) is 5.69. The van der Waals surface area contributed by atoms with Crippen molar-refractivity contribution in [1.29, 1.82) is 0 Å². The topological polar surface area (TPSA) is 41.1 Å². The Hall–Kier alpha value is -0.430. The Morgan fingerprint density at radius 3 is 3.00 bits per heavy atom. The predicted octanol–water partition coefficient (Wildman–Crippen LogP) is 2.19. The minimum Gasteiger partial charge on any atom is -0.351 e. The van der Waals surface area contributed by atoms with Crippen molar-refractivity contribution in [2.45, 2.75) is 44.2 Å². The van der Waals surface area contributed by atoms with Crippen molar-refractivity contribution in [3.63, 3.8) is 0 Å². The Labute approximate surface area is 122 Å². The Bertz CT molecular complexity index is 408. The third-order valence-corrected chi connectivity index (χ3v) is 4.53. The van der Waals surface area contributed by atoms with E-state index in [0.717, 1.165) is 28.5 Å². The van der Waals surface area contributed by atoms with Crippen LogP contribution in [-0.2, 0) is 0 Å².